The van der Waals surface area contributed by atoms with Crippen LogP contribution in [0.15, 0.2) is 41.0 Å². The van der Waals surface area contributed by atoms with Crippen LogP contribution >= 0.6 is 0 Å². The molecule has 0 unspecified atom stereocenters. The van der Waals surface area contributed by atoms with Crippen LogP contribution in [0.1, 0.15) is 30.7 Å². The molecule has 1 aromatic heterocycles. The SMILES string of the molecule is Cc1ccc(N(C)Cc2ccoc2CNC(C)C)cc1. The lowest BCUT2D eigenvalue weighted by Crippen LogP contribution is -2.23. The van der Waals surface area contributed by atoms with Crippen molar-refractivity contribution < 1.29 is 4.42 Å². The minimum Gasteiger partial charge on any atom is -0.468 e. The quantitative estimate of drug-likeness (QED) is 0.868. The van der Waals surface area contributed by atoms with Crippen LogP contribution in [0.25, 0.3) is 0 Å². The molecule has 0 saturated heterocycles. The molecule has 1 aromatic carbocycles. The molecule has 0 saturated carbocycles. The Kier molecular flexibility index (Phi) is 4.85. The molecule has 0 aliphatic heterocycles. The van der Waals surface area contributed by atoms with E-state index < -0.39 is 0 Å². The number of hydrogen-bond donors (Lipinski definition) is 1. The smallest absolute Gasteiger partial charge is 0.122 e. The average molecular weight is 272 g/mol. The van der Waals surface area contributed by atoms with Gasteiger partial charge in [0.1, 0.15) is 5.76 Å². The predicted molar refractivity (Wildman–Crippen MR) is 84.0 cm³/mol. The fourth-order valence-electron chi connectivity index (χ4n) is 2.11. The summed E-state index contributed by atoms with van der Waals surface area (Å²) < 4.78 is 5.58. The highest BCUT2D eigenvalue weighted by Crippen LogP contribution is 2.19. The Hall–Kier alpha value is -1.74. The number of hydrogen-bond acceptors (Lipinski definition) is 3. The van der Waals surface area contributed by atoms with Gasteiger partial charge >= 0.3 is 0 Å². The second-order valence-corrected chi connectivity index (χ2v) is 5.60. The van der Waals surface area contributed by atoms with Gasteiger partial charge in [-0.05, 0) is 25.1 Å². The lowest BCUT2D eigenvalue weighted by Gasteiger charge is -2.19. The standard InChI is InChI=1S/C17H24N2O/c1-13(2)18-11-17-15(9-10-20-17)12-19(4)16-7-5-14(3)6-8-16/h5-10,13,18H,11-12H2,1-4H3. The van der Waals surface area contributed by atoms with Crippen molar-refractivity contribution in [2.24, 2.45) is 0 Å². The number of aryl methyl sites for hydroxylation is 1. The highest BCUT2D eigenvalue weighted by Gasteiger charge is 2.10. The molecule has 2 rings (SSSR count). The first-order valence-electron chi connectivity index (χ1n) is 7.12. The molecule has 1 heterocycles. The van der Waals surface area contributed by atoms with Crippen molar-refractivity contribution in [3.63, 3.8) is 0 Å². The molecule has 1 N–H and O–H groups in total. The molecule has 3 nitrogen and oxygen atoms in total. The van der Waals surface area contributed by atoms with E-state index >= 15 is 0 Å². The van der Waals surface area contributed by atoms with E-state index in [4.69, 9.17) is 4.42 Å². The van der Waals surface area contributed by atoms with E-state index in [0.717, 1.165) is 18.8 Å². The van der Waals surface area contributed by atoms with Crippen LogP contribution < -0.4 is 10.2 Å². The first-order valence-corrected chi connectivity index (χ1v) is 7.12. The van der Waals surface area contributed by atoms with E-state index in [2.05, 4.69) is 68.4 Å². The summed E-state index contributed by atoms with van der Waals surface area (Å²) in [5, 5.41) is 3.40. The van der Waals surface area contributed by atoms with Crippen LogP contribution in [-0.2, 0) is 13.1 Å². The molecule has 3 heteroatoms. The van der Waals surface area contributed by atoms with Gasteiger partial charge in [0.05, 0.1) is 12.8 Å². The highest BCUT2D eigenvalue weighted by molar-refractivity contribution is 5.47. The summed E-state index contributed by atoms with van der Waals surface area (Å²) in [6, 6.07) is 11.1. The Morgan fingerprint density at radius 2 is 1.85 bits per heavy atom. The van der Waals surface area contributed by atoms with Crippen molar-refractivity contribution in [3.05, 3.63) is 53.5 Å². The fraction of sp³-hybridized carbons (Fsp3) is 0.412. The summed E-state index contributed by atoms with van der Waals surface area (Å²) in [5.41, 5.74) is 3.74. The molecule has 0 atom stereocenters. The van der Waals surface area contributed by atoms with Crippen molar-refractivity contribution in [1.29, 1.82) is 0 Å². The Bertz CT molecular complexity index is 528. The molecule has 20 heavy (non-hydrogen) atoms. The Morgan fingerprint density at radius 3 is 2.50 bits per heavy atom. The first kappa shape index (κ1) is 14.7. The van der Waals surface area contributed by atoms with Gasteiger partial charge in [0.15, 0.2) is 0 Å². The van der Waals surface area contributed by atoms with Gasteiger partial charge in [0.2, 0.25) is 0 Å². The van der Waals surface area contributed by atoms with Gasteiger partial charge in [-0.15, -0.1) is 0 Å². The molecule has 0 aliphatic rings. The van der Waals surface area contributed by atoms with Crippen molar-refractivity contribution in [2.45, 2.75) is 39.9 Å². The summed E-state index contributed by atoms with van der Waals surface area (Å²) in [6.45, 7) is 8.02. The van der Waals surface area contributed by atoms with E-state index in [9.17, 15) is 0 Å². The summed E-state index contributed by atoms with van der Waals surface area (Å²) in [6.07, 6.45) is 1.77. The van der Waals surface area contributed by atoms with Gasteiger partial charge in [-0.3, -0.25) is 0 Å². The maximum atomic E-state index is 5.58. The Labute approximate surface area is 121 Å². The summed E-state index contributed by atoms with van der Waals surface area (Å²) >= 11 is 0. The van der Waals surface area contributed by atoms with Crippen LogP contribution in [0.5, 0.6) is 0 Å². The largest absolute Gasteiger partial charge is 0.468 e. The number of furan rings is 1. The third kappa shape index (κ3) is 3.87. The van der Waals surface area contributed by atoms with Gasteiger partial charge in [0.25, 0.3) is 0 Å². The van der Waals surface area contributed by atoms with Crippen molar-refractivity contribution in [3.8, 4) is 0 Å². The summed E-state index contributed by atoms with van der Waals surface area (Å²) in [5.74, 6) is 1.03. The number of rotatable bonds is 6. The van der Waals surface area contributed by atoms with Gasteiger partial charge in [-0.1, -0.05) is 31.5 Å². The molecule has 0 aliphatic carbocycles. The number of anilines is 1. The number of benzene rings is 1. The molecule has 0 fully saturated rings. The molecule has 2 aromatic rings. The Balaban J connectivity index is 2.02. The second-order valence-electron chi connectivity index (χ2n) is 5.60. The van der Waals surface area contributed by atoms with Crippen molar-refractivity contribution in [2.75, 3.05) is 11.9 Å². The topological polar surface area (TPSA) is 28.4 Å². The fourth-order valence-corrected chi connectivity index (χ4v) is 2.11. The third-order valence-electron chi connectivity index (χ3n) is 3.39. The van der Waals surface area contributed by atoms with E-state index in [1.54, 1.807) is 6.26 Å². The van der Waals surface area contributed by atoms with Crippen LogP contribution in [0.2, 0.25) is 0 Å². The third-order valence-corrected chi connectivity index (χ3v) is 3.39. The molecule has 0 spiro atoms. The minimum absolute atomic E-state index is 0.461. The highest BCUT2D eigenvalue weighted by atomic mass is 16.3. The number of nitrogens with one attached hydrogen (secondary N) is 1. The van der Waals surface area contributed by atoms with Gasteiger partial charge in [0, 0.05) is 30.9 Å². The molecule has 0 radical (unpaired) electrons. The second kappa shape index (κ2) is 6.62. The van der Waals surface area contributed by atoms with Crippen LogP contribution in [0.4, 0.5) is 5.69 Å². The molecule has 0 amide bonds. The summed E-state index contributed by atoms with van der Waals surface area (Å²) in [4.78, 5) is 2.24. The van der Waals surface area contributed by atoms with Crippen LogP contribution in [0, 0.1) is 6.92 Å². The zero-order valence-electron chi connectivity index (χ0n) is 12.8. The monoisotopic (exact) mass is 272 g/mol. The maximum absolute atomic E-state index is 5.58. The van der Waals surface area contributed by atoms with Crippen molar-refractivity contribution in [1.82, 2.24) is 5.32 Å². The van der Waals surface area contributed by atoms with E-state index in [1.807, 2.05) is 0 Å². The zero-order chi connectivity index (χ0) is 14.5. The van der Waals surface area contributed by atoms with Crippen LogP contribution in [0.3, 0.4) is 0 Å². The van der Waals surface area contributed by atoms with E-state index in [1.165, 1.54) is 16.8 Å². The predicted octanol–water partition coefficient (Wildman–Crippen LogP) is 3.72. The van der Waals surface area contributed by atoms with Gasteiger partial charge in [-0.25, -0.2) is 0 Å². The molecular weight excluding hydrogens is 248 g/mol. The van der Waals surface area contributed by atoms with Gasteiger partial charge in [-0.2, -0.15) is 0 Å². The normalized spacial score (nSPS) is 11.1. The maximum Gasteiger partial charge on any atom is 0.122 e. The zero-order valence-corrected chi connectivity index (χ0v) is 12.8. The first-order chi connectivity index (χ1) is 9.56. The average Bonchev–Trinajstić information content (AvgIpc) is 2.84. The van der Waals surface area contributed by atoms with E-state index in [0.29, 0.717) is 6.04 Å². The van der Waals surface area contributed by atoms with E-state index in [-0.39, 0.29) is 0 Å². The molecular formula is C17H24N2O. The lowest BCUT2D eigenvalue weighted by atomic mass is 10.2. The molecule has 108 valence electrons. The number of nitrogens with zero attached hydrogens (tertiary/aromatic N) is 1. The summed E-state index contributed by atoms with van der Waals surface area (Å²) in [7, 11) is 2.11. The van der Waals surface area contributed by atoms with Crippen molar-refractivity contribution >= 4 is 5.69 Å². The Morgan fingerprint density at radius 1 is 1.15 bits per heavy atom. The lowest BCUT2D eigenvalue weighted by molar-refractivity contribution is 0.460. The minimum atomic E-state index is 0.461. The molecule has 0 bridgehead atoms. The van der Waals surface area contributed by atoms with Gasteiger partial charge < -0.3 is 14.6 Å². The van der Waals surface area contributed by atoms with Crippen LogP contribution in [-0.4, -0.2) is 13.1 Å².